The van der Waals surface area contributed by atoms with E-state index >= 15 is 0 Å². The third kappa shape index (κ3) is 5.81. The molecule has 2 aromatic rings. The predicted molar refractivity (Wildman–Crippen MR) is 111 cm³/mol. The lowest BCUT2D eigenvalue weighted by molar-refractivity contribution is -0.133. The second-order valence-corrected chi connectivity index (χ2v) is 8.28. The summed E-state index contributed by atoms with van der Waals surface area (Å²) in [6.07, 6.45) is 7.08. The number of carbonyl (C=O) groups is 1. The van der Waals surface area contributed by atoms with Gasteiger partial charge in [0.1, 0.15) is 5.75 Å². The molecule has 2 aliphatic rings. The van der Waals surface area contributed by atoms with Crippen LogP contribution in [0.4, 0.5) is 0 Å². The summed E-state index contributed by atoms with van der Waals surface area (Å²) in [7, 11) is 1.67. The van der Waals surface area contributed by atoms with Gasteiger partial charge in [0.05, 0.1) is 13.2 Å². The van der Waals surface area contributed by atoms with Gasteiger partial charge < -0.3 is 18.8 Å². The summed E-state index contributed by atoms with van der Waals surface area (Å²) in [5.41, 5.74) is 1.11. The molecule has 1 aliphatic heterocycles. The zero-order chi connectivity index (χ0) is 20.8. The van der Waals surface area contributed by atoms with E-state index in [4.69, 9.17) is 13.9 Å². The number of para-hydroxylation sites is 1. The third-order valence-electron chi connectivity index (χ3n) is 5.84. The van der Waals surface area contributed by atoms with Crippen molar-refractivity contribution in [3.05, 3.63) is 41.6 Å². The van der Waals surface area contributed by atoms with E-state index in [1.807, 2.05) is 29.2 Å². The molecule has 0 spiro atoms. The Morgan fingerprint density at radius 1 is 1.10 bits per heavy atom. The maximum absolute atomic E-state index is 12.8. The predicted octanol–water partition coefficient (Wildman–Crippen LogP) is 3.21. The number of amides is 1. The average Bonchev–Trinajstić information content (AvgIpc) is 3.24. The van der Waals surface area contributed by atoms with E-state index in [0.717, 1.165) is 43.7 Å². The van der Waals surface area contributed by atoms with Crippen molar-refractivity contribution < 1.29 is 18.7 Å². The molecule has 0 bridgehead atoms. The largest absolute Gasteiger partial charge is 0.496 e. The number of hydrogen-bond acceptors (Lipinski definition) is 6. The Labute approximate surface area is 177 Å². The van der Waals surface area contributed by atoms with E-state index in [1.54, 1.807) is 7.11 Å². The molecule has 1 atom stereocenters. The lowest BCUT2D eigenvalue weighted by atomic mass is 10.1. The molecule has 0 unspecified atom stereocenters. The van der Waals surface area contributed by atoms with Crippen molar-refractivity contribution in [1.29, 1.82) is 0 Å². The van der Waals surface area contributed by atoms with Crippen LogP contribution in [0, 0.1) is 5.92 Å². The van der Waals surface area contributed by atoms with Crippen molar-refractivity contribution in [2.75, 3.05) is 26.8 Å². The van der Waals surface area contributed by atoms with Crippen LogP contribution in [0.15, 0.2) is 28.7 Å². The second kappa shape index (κ2) is 10.1. The van der Waals surface area contributed by atoms with Gasteiger partial charge in [-0.3, -0.25) is 4.79 Å². The number of ether oxygens (including phenoxy) is 2. The molecular weight excluding hydrogens is 382 g/mol. The summed E-state index contributed by atoms with van der Waals surface area (Å²) in [5.74, 6) is 2.82. The lowest BCUT2D eigenvalue weighted by Crippen LogP contribution is -2.38. The highest BCUT2D eigenvalue weighted by Crippen LogP contribution is 2.30. The smallest absolute Gasteiger partial charge is 0.223 e. The van der Waals surface area contributed by atoms with Crippen LogP contribution < -0.4 is 4.74 Å². The summed E-state index contributed by atoms with van der Waals surface area (Å²) in [6.45, 7) is 2.38. The summed E-state index contributed by atoms with van der Waals surface area (Å²) >= 11 is 0. The second-order valence-electron chi connectivity index (χ2n) is 8.28. The van der Waals surface area contributed by atoms with Crippen LogP contribution in [0.2, 0.25) is 0 Å². The molecule has 2 fully saturated rings. The Bertz CT molecular complexity index is 827. The number of aryl methyl sites for hydroxylation is 3. The Morgan fingerprint density at radius 2 is 1.90 bits per heavy atom. The normalized spacial score (nSPS) is 18.5. The monoisotopic (exact) mass is 413 g/mol. The van der Waals surface area contributed by atoms with Crippen molar-refractivity contribution in [3.63, 3.8) is 0 Å². The molecule has 7 heteroatoms. The molecule has 7 nitrogen and oxygen atoms in total. The maximum Gasteiger partial charge on any atom is 0.223 e. The maximum atomic E-state index is 12.8. The van der Waals surface area contributed by atoms with Gasteiger partial charge in [-0.1, -0.05) is 18.2 Å². The first kappa shape index (κ1) is 20.8. The molecule has 0 radical (unpaired) electrons. The van der Waals surface area contributed by atoms with Crippen molar-refractivity contribution in [2.45, 2.75) is 57.5 Å². The fraction of sp³-hybridized carbons (Fsp3) is 0.609. The first-order chi connectivity index (χ1) is 14.7. The van der Waals surface area contributed by atoms with Crippen molar-refractivity contribution in [2.24, 2.45) is 5.92 Å². The zero-order valence-electron chi connectivity index (χ0n) is 17.7. The van der Waals surface area contributed by atoms with E-state index < -0.39 is 0 Å². The van der Waals surface area contributed by atoms with Gasteiger partial charge >= 0.3 is 0 Å². The average molecular weight is 414 g/mol. The summed E-state index contributed by atoms with van der Waals surface area (Å²) in [4.78, 5) is 14.8. The molecule has 0 N–H and O–H groups in total. The summed E-state index contributed by atoms with van der Waals surface area (Å²) in [6, 6.07) is 7.93. The third-order valence-corrected chi connectivity index (χ3v) is 5.84. The molecule has 2 heterocycles. The molecule has 1 saturated heterocycles. The highest BCUT2D eigenvalue weighted by atomic mass is 16.5. The van der Waals surface area contributed by atoms with Crippen molar-refractivity contribution >= 4 is 5.91 Å². The van der Waals surface area contributed by atoms with Crippen LogP contribution in [0.3, 0.4) is 0 Å². The molecule has 4 rings (SSSR count). The van der Waals surface area contributed by atoms with Crippen molar-refractivity contribution in [3.8, 4) is 5.75 Å². The van der Waals surface area contributed by atoms with Gasteiger partial charge in [-0.2, -0.15) is 0 Å². The quantitative estimate of drug-likeness (QED) is 0.563. The minimum absolute atomic E-state index is 0.158. The number of hydrogen-bond donors (Lipinski definition) is 0. The van der Waals surface area contributed by atoms with E-state index in [-0.39, 0.29) is 12.0 Å². The Morgan fingerprint density at radius 3 is 2.63 bits per heavy atom. The van der Waals surface area contributed by atoms with E-state index in [2.05, 4.69) is 10.2 Å². The van der Waals surface area contributed by atoms with Gasteiger partial charge in [0.25, 0.3) is 0 Å². The van der Waals surface area contributed by atoms with Gasteiger partial charge in [-0.05, 0) is 49.7 Å². The van der Waals surface area contributed by atoms with Gasteiger partial charge in [0.2, 0.25) is 17.7 Å². The highest BCUT2D eigenvalue weighted by molar-refractivity contribution is 5.76. The van der Waals surface area contributed by atoms with E-state index in [0.29, 0.717) is 43.5 Å². The minimum atomic E-state index is 0.158. The van der Waals surface area contributed by atoms with Gasteiger partial charge in [-0.25, -0.2) is 0 Å². The molecule has 1 aromatic heterocycles. The molecule has 1 aromatic carbocycles. The molecule has 30 heavy (non-hydrogen) atoms. The number of aromatic nitrogens is 2. The highest BCUT2D eigenvalue weighted by Gasteiger charge is 2.29. The van der Waals surface area contributed by atoms with Gasteiger partial charge in [-0.15, -0.1) is 10.2 Å². The van der Waals surface area contributed by atoms with Crippen LogP contribution in [-0.2, 0) is 28.8 Å². The number of rotatable bonds is 11. The SMILES string of the molecule is COc1ccccc1CCc1nnc(CCC(=O)N(CC2CC2)C[C@H]2CCCO2)o1. The number of methoxy groups -OCH3 is 1. The standard InChI is InChI=1S/C23H31N3O4/c1-28-20-7-3-2-5-18(20)10-11-21-24-25-22(30-21)12-13-23(27)26(15-17-8-9-17)16-19-6-4-14-29-19/h2-3,5,7,17,19H,4,6,8-16H2,1H3/t19-/m1/s1. The van der Waals surface area contributed by atoms with Crippen LogP contribution >= 0.6 is 0 Å². The minimum Gasteiger partial charge on any atom is -0.496 e. The van der Waals surface area contributed by atoms with Crippen LogP contribution in [0.5, 0.6) is 5.75 Å². The van der Waals surface area contributed by atoms with Crippen LogP contribution in [0.25, 0.3) is 0 Å². The number of benzene rings is 1. The molecule has 1 aliphatic carbocycles. The van der Waals surface area contributed by atoms with Gasteiger partial charge in [0.15, 0.2) is 0 Å². The zero-order valence-corrected chi connectivity index (χ0v) is 17.7. The Balaban J connectivity index is 1.26. The topological polar surface area (TPSA) is 77.7 Å². The van der Waals surface area contributed by atoms with E-state index in [9.17, 15) is 4.79 Å². The molecule has 162 valence electrons. The number of nitrogens with zero attached hydrogens (tertiary/aromatic N) is 3. The summed E-state index contributed by atoms with van der Waals surface area (Å²) < 4.78 is 16.9. The first-order valence-corrected chi connectivity index (χ1v) is 11.0. The van der Waals surface area contributed by atoms with Gasteiger partial charge in [0, 0.05) is 39.0 Å². The fourth-order valence-corrected chi connectivity index (χ4v) is 3.94. The fourth-order valence-electron chi connectivity index (χ4n) is 3.94. The Kier molecular flexibility index (Phi) is 7.00. The Hall–Kier alpha value is -2.41. The molecular formula is C23H31N3O4. The summed E-state index contributed by atoms with van der Waals surface area (Å²) in [5, 5.41) is 8.28. The number of carbonyl (C=O) groups excluding carboxylic acids is 1. The first-order valence-electron chi connectivity index (χ1n) is 11.0. The molecule has 1 amide bonds. The van der Waals surface area contributed by atoms with E-state index in [1.165, 1.54) is 12.8 Å². The lowest BCUT2D eigenvalue weighted by Gasteiger charge is -2.25. The van der Waals surface area contributed by atoms with Crippen molar-refractivity contribution in [1.82, 2.24) is 15.1 Å². The van der Waals surface area contributed by atoms with Crippen LogP contribution in [-0.4, -0.2) is 53.9 Å². The molecule has 1 saturated carbocycles. The van der Waals surface area contributed by atoms with Crippen LogP contribution in [0.1, 0.15) is 49.4 Å².